The molecule has 2 atom stereocenters. The summed E-state index contributed by atoms with van der Waals surface area (Å²) in [5.41, 5.74) is 0.586. The van der Waals surface area contributed by atoms with Gasteiger partial charge in [0.25, 0.3) is 0 Å². The van der Waals surface area contributed by atoms with Gasteiger partial charge in [-0.25, -0.2) is 4.98 Å². The van der Waals surface area contributed by atoms with Crippen LogP contribution in [0.5, 0.6) is 0 Å². The van der Waals surface area contributed by atoms with Gasteiger partial charge in [-0.15, -0.1) is 0 Å². The van der Waals surface area contributed by atoms with Crippen LogP contribution in [0.15, 0.2) is 48.7 Å². The van der Waals surface area contributed by atoms with E-state index in [-0.39, 0.29) is 6.04 Å². The largest absolute Gasteiger partial charge is 0.383 e. The summed E-state index contributed by atoms with van der Waals surface area (Å²) in [5, 5.41) is 21.2. The summed E-state index contributed by atoms with van der Waals surface area (Å²) in [7, 11) is 0. The third kappa shape index (κ3) is 3.42. The lowest BCUT2D eigenvalue weighted by Gasteiger charge is -2.50. The molecule has 27 heavy (non-hydrogen) atoms. The smallest absolute Gasteiger partial charge is 0.146 e. The summed E-state index contributed by atoms with van der Waals surface area (Å²) in [5.74, 6) is 0.702. The third-order valence-corrected chi connectivity index (χ3v) is 5.67. The number of morpholine rings is 1. The van der Waals surface area contributed by atoms with Gasteiger partial charge in [-0.1, -0.05) is 30.3 Å². The molecule has 140 valence electrons. The Morgan fingerprint density at radius 2 is 1.89 bits per heavy atom. The van der Waals surface area contributed by atoms with Crippen LogP contribution in [0, 0.1) is 11.3 Å². The van der Waals surface area contributed by atoms with Crippen LogP contribution in [0.25, 0.3) is 0 Å². The number of aromatic nitrogens is 1. The van der Waals surface area contributed by atoms with E-state index in [0.717, 1.165) is 18.7 Å². The summed E-state index contributed by atoms with van der Waals surface area (Å²) in [4.78, 5) is 8.90. The van der Waals surface area contributed by atoms with Gasteiger partial charge in [-0.3, -0.25) is 4.90 Å². The summed E-state index contributed by atoms with van der Waals surface area (Å²) in [6.45, 7) is 4.21. The van der Waals surface area contributed by atoms with Crippen LogP contribution < -0.4 is 4.90 Å². The van der Waals surface area contributed by atoms with Crippen molar-refractivity contribution in [3.63, 3.8) is 0 Å². The molecule has 0 amide bonds. The van der Waals surface area contributed by atoms with Crippen molar-refractivity contribution in [2.24, 2.45) is 0 Å². The molecule has 2 fully saturated rings. The quantitative estimate of drug-likeness (QED) is 0.895. The van der Waals surface area contributed by atoms with Gasteiger partial charge in [0.2, 0.25) is 0 Å². The number of anilines is 1. The highest BCUT2D eigenvalue weighted by molar-refractivity contribution is 5.54. The molecule has 4 rings (SSSR count). The summed E-state index contributed by atoms with van der Waals surface area (Å²) < 4.78 is 5.52. The van der Waals surface area contributed by atoms with Crippen LogP contribution in [-0.4, -0.2) is 60.4 Å². The number of nitriles is 1. The van der Waals surface area contributed by atoms with E-state index in [9.17, 15) is 10.4 Å². The topological polar surface area (TPSA) is 72.6 Å². The van der Waals surface area contributed by atoms with Crippen LogP contribution in [0.3, 0.4) is 0 Å². The fourth-order valence-electron chi connectivity index (χ4n) is 4.22. The number of rotatable bonds is 3. The van der Waals surface area contributed by atoms with Gasteiger partial charge in [0, 0.05) is 32.4 Å². The fourth-order valence-corrected chi connectivity index (χ4v) is 4.22. The maximum absolute atomic E-state index is 11.8. The van der Waals surface area contributed by atoms with Crippen LogP contribution in [-0.2, 0) is 10.3 Å². The lowest BCUT2D eigenvalue weighted by molar-refractivity contribution is -0.0911. The fraction of sp³-hybridized carbons (Fsp3) is 0.429. The van der Waals surface area contributed by atoms with Crippen LogP contribution in [0.1, 0.15) is 17.5 Å². The van der Waals surface area contributed by atoms with Gasteiger partial charge in [0.1, 0.15) is 17.5 Å². The summed E-state index contributed by atoms with van der Waals surface area (Å²) >= 11 is 0. The van der Waals surface area contributed by atoms with Gasteiger partial charge in [-0.05, 0) is 24.1 Å². The van der Waals surface area contributed by atoms with Gasteiger partial charge >= 0.3 is 0 Å². The van der Waals surface area contributed by atoms with Crippen molar-refractivity contribution in [3.05, 3.63) is 59.8 Å². The first kappa shape index (κ1) is 17.9. The second-order valence-electron chi connectivity index (χ2n) is 7.14. The Balaban J connectivity index is 1.68. The molecule has 0 aliphatic carbocycles. The molecule has 1 N–H and O–H groups in total. The number of benzene rings is 1. The van der Waals surface area contributed by atoms with Crippen molar-refractivity contribution in [1.29, 1.82) is 5.26 Å². The highest BCUT2D eigenvalue weighted by atomic mass is 16.5. The Morgan fingerprint density at radius 3 is 2.63 bits per heavy atom. The van der Waals surface area contributed by atoms with E-state index in [2.05, 4.69) is 20.9 Å². The standard InChI is InChI=1S/C21H24N4O2/c22-15-17-5-4-9-23-20(17)25-10-8-21(26,18-6-2-1-3-7-18)19(16-25)24-11-13-27-14-12-24/h1-7,9,19,26H,8,10-14,16H2/t19-,21+/m1/s1. The number of aliphatic hydroxyl groups is 1. The number of ether oxygens (including phenoxy) is 1. The molecule has 0 radical (unpaired) electrons. The summed E-state index contributed by atoms with van der Waals surface area (Å²) in [6.07, 6.45) is 2.30. The molecule has 0 bridgehead atoms. The van der Waals surface area contributed by atoms with Crippen LogP contribution >= 0.6 is 0 Å². The molecule has 0 unspecified atom stereocenters. The van der Waals surface area contributed by atoms with Crippen molar-refractivity contribution in [2.45, 2.75) is 18.1 Å². The van der Waals surface area contributed by atoms with Crippen molar-refractivity contribution >= 4 is 5.82 Å². The van der Waals surface area contributed by atoms with Gasteiger partial charge in [0.15, 0.2) is 0 Å². The molecule has 0 spiro atoms. The first-order chi connectivity index (χ1) is 13.2. The number of piperidine rings is 1. The molecule has 2 aliphatic heterocycles. The Morgan fingerprint density at radius 1 is 1.11 bits per heavy atom. The van der Waals surface area contributed by atoms with E-state index in [4.69, 9.17) is 4.74 Å². The van der Waals surface area contributed by atoms with E-state index < -0.39 is 5.60 Å². The number of nitrogens with zero attached hydrogens (tertiary/aromatic N) is 4. The lowest BCUT2D eigenvalue weighted by atomic mass is 9.79. The lowest BCUT2D eigenvalue weighted by Crippen LogP contribution is -2.62. The van der Waals surface area contributed by atoms with Crippen molar-refractivity contribution in [3.8, 4) is 6.07 Å². The van der Waals surface area contributed by atoms with Gasteiger partial charge in [0.05, 0.1) is 24.8 Å². The normalized spacial score (nSPS) is 26.5. The van der Waals surface area contributed by atoms with E-state index in [0.29, 0.717) is 44.1 Å². The molecule has 0 saturated carbocycles. The number of hydrogen-bond acceptors (Lipinski definition) is 6. The Labute approximate surface area is 159 Å². The highest BCUT2D eigenvalue weighted by Gasteiger charge is 2.46. The van der Waals surface area contributed by atoms with Crippen molar-refractivity contribution in [2.75, 3.05) is 44.3 Å². The first-order valence-electron chi connectivity index (χ1n) is 9.42. The Bertz CT molecular complexity index is 816. The molecule has 6 heteroatoms. The molecule has 2 aliphatic rings. The zero-order valence-electron chi connectivity index (χ0n) is 15.3. The Kier molecular flexibility index (Phi) is 5.08. The van der Waals surface area contributed by atoms with Gasteiger partial charge in [-0.2, -0.15) is 5.26 Å². The van der Waals surface area contributed by atoms with Gasteiger partial charge < -0.3 is 14.7 Å². The minimum atomic E-state index is -0.934. The van der Waals surface area contributed by atoms with Crippen molar-refractivity contribution in [1.82, 2.24) is 9.88 Å². The van der Waals surface area contributed by atoms with Crippen molar-refractivity contribution < 1.29 is 9.84 Å². The van der Waals surface area contributed by atoms with E-state index >= 15 is 0 Å². The first-order valence-corrected chi connectivity index (χ1v) is 9.42. The average molecular weight is 364 g/mol. The summed E-state index contributed by atoms with van der Waals surface area (Å²) in [6, 6.07) is 15.7. The zero-order valence-corrected chi connectivity index (χ0v) is 15.3. The Hall–Kier alpha value is -2.46. The van der Waals surface area contributed by atoms with Crippen LogP contribution in [0.4, 0.5) is 5.82 Å². The zero-order chi connectivity index (χ0) is 18.7. The molecule has 6 nitrogen and oxygen atoms in total. The predicted octanol–water partition coefficient (Wildman–Crippen LogP) is 1.75. The monoisotopic (exact) mass is 364 g/mol. The van der Waals surface area contributed by atoms with E-state index in [1.54, 1.807) is 18.3 Å². The molecular formula is C21H24N4O2. The average Bonchev–Trinajstić information content (AvgIpc) is 2.75. The van der Waals surface area contributed by atoms with E-state index in [1.807, 2.05) is 30.3 Å². The SMILES string of the molecule is N#Cc1cccnc1N1CC[C@](O)(c2ccccc2)[C@H](N2CCOCC2)C1. The minimum absolute atomic E-state index is 0.0916. The maximum Gasteiger partial charge on any atom is 0.146 e. The van der Waals surface area contributed by atoms with E-state index in [1.165, 1.54) is 0 Å². The number of pyridine rings is 1. The molecule has 2 aromatic rings. The third-order valence-electron chi connectivity index (χ3n) is 5.67. The molecule has 2 saturated heterocycles. The van der Waals surface area contributed by atoms with Crippen LogP contribution in [0.2, 0.25) is 0 Å². The highest BCUT2D eigenvalue weighted by Crippen LogP contribution is 2.37. The minimum Gasteiger partial charge on any atom is -0.383 e. The second-order valence-corrected chi connectivity index (χ2v) is 7.14. The molecular weight excluding hydrogens is 340 g/mol. The second kappa shape index (κ2) is 7.65. The maximum atomic E-state index is 11.8. The number of hydrogen-bond donors (Lipinski definition) is 1. The molecule has 1 aromatic carbocycles. The molecule has 1 aromatic heterocycles. The molecule has 3 heterocycles. The predicted molar refractivity (Wildman–Crippen MR) is 102 cm³/mol.